The zero-order valence-corrected chi connectivity index (χ0v) is 13.0. The van der Waals surface area contributed by atoms with Crippen LogP contribution in [0.1, 0.15) is 12.5 Å². The van der Waals surface area contributed by atoms with Crippen LogP contribution >= 0.6 is 0 Å². The van der Waals surface area contributed by atoms with E-state index in [1.165, 1.54) is 7.11 Å². The Balaban J connectivity index is 2.24. The van der Waals surface area contributed by atoms with Crippen LogP contribution < -0.4 is 9.47 Å². The summed E-state index contributed by atoms with van der Waals surface area (Å²) in [5.74, 6) is 0.739. The maximum atomic E-state index is 10.0. The molecule has 1 aliphatic rings. The maximum absolute atomic E-state index is 10.0. The van der Waals surface area contributed by atoms with E-state index in [-0.39, 0.29) is 0 Å². The van der Waals surface area contributed by atoms with Crippen molar-refractivity contribution in [3.8, 4) is 11.5 Å². The topological polar surface area (TPSA) is 109 Å². The van der Waals surface area contributed by atoms with Gasteiger partial charge in [0.05, 0.1) is 13.7 Å². The van der Waals surface area contributed by atoms with Crippen molar-refractivity contribution in [2.24, 2.45) is 0 Å². The number of aliphatic hydroxyl groups is 4. The number of benzene rings is 1. The summed E-state index contributed by atoms with van der Waals surface area (Å²) >= 11 is 0. The van der Waals surface area contributed by atoms with E-state index in [4.69, 9.17) is 14.2 Å². The molecular weight excluding hydrogens is 304 g/mol. The van der Waals surface area contributed by atoms with Crippen molar-refractivity contribution in [3.63, 3.8) is 0 Å². The first kappa shape index (κ1) is 17.7. The first-order valence-corrected chi connectivity index (χ1v) is 7.29. The fraction of sp³-hybridized carbons (Fsp3) is 0.500. The number of hydrogen-bond acceptors (Lipinski definition) is 7. The van der Waals surface area contributed by atoms with Gasteiger partial charge in [-0.05, 0) is 24.6 Å². The van der Waals surface area contributed by atoms with Crippen LogP contribution in [0.5, 0.6) is 11.5 Å². The Labute approximate surface area is 134 Å². The summed E-state index contributed by atoms with van der Waals surface area (Å²) in [4.78, 5) is 0. The average Bonchev–Trinajstić information content (AvgIpc) is 2.56. The SMILES string of the molecule is C/C=C/c1ccc(OC)c(O[C@H]2O[C@H](CO)[C@H](O)[C@H](O)[C@H]2O)c1. The van der Waals surface area contributed by atoms with E-state index in [0.29, 0.717) is 11.5 Å². The van der Waals surface area contributed by atoms with Crippen molar-refractivity contribution in [2.75, 3.05) is 13.7 Å². The fourth-order valence-electron chi connectivity index (χ4n) is 2.37. The van der Waals surface area contributed by atoms with E-state index < -0.39 is 37.3 Å². The standard InChI is InChI=1S/C16H22O7/c1-3-4-9-5-6-10(21-2)11(7-9)22-16-15(20)14(19)13(18)12(8-17)23-16/h3-7,12-20H,8H2,1-2H3/b4-3+/t12-,13+,14+,15-,16+/m1/s1. The third-order valence-corrected chi connectivity index (χ3v) is 3.64. The molecule has 0 radical (unpaired) electrons. The predicted octanol–water partition coefficient (Wildman–Crippen LogP) is -0.0930. The van der Waals surface area contributed by atoms with Crippen LogP contribution in [0, 0.1) is 0 Å². The third-order valence-electron chi connectivity index (χ3n) is 3.64. The monoisotopic (exact) mass is 326 g/mol. The summed E-state index contributed by atoms with van der Waals surface area (Å²) in [6.45, 7) is 1.36. The minimum atomic E-state index is -1.49. The van der Waals surface area contributed by atoms with E-state index in [9.17, 15) is 20.4 Å². The molecule has 7 heteroatoms. The smallest absolute Gasteiger partial charge is 0.229 e. The predicted molar refractivity (Wildman–Crippen MR) is 82.1 cm³/mol. The van der Waals surface area contributed by atoms with Crippen molar-refractivity contribution >= 4 is 6.08 Å². The summed E-state index contributed by atoms with van der Waals surface area (Å²) in [6.07, 6.45) is -2.94. The van der Waals surface area contributed by atoms with E-state index >= 15 is 0 Å². The Kier molecular flexibility index (Phi) is 5.97. The normalized spacial score (nSPS) is 31.3. The highest BCUT2D eigenvalue weighted by Crippen LogP contribution is 2.32. The average molecular weight is 326 g/mol. The van der Waals surface area contributed by atoms with Gasteiger partial charge in [-0.2, -0.15) is 0 Å². The molecule has 2 rings (SSSR count). The quantitative estimate of drug-likeness (QED) is 0.599. The van der Waals surface area contributed by atoms with Crippen molar-refractivity contribution in [3.05, 3.63) is 29.8 Å². The highest BCUT2D eigenvalue weighted by Gasteiger charge is 2.44. The van der Waals surface area contributed by atoms with E-state index in [0.717, 1.165) is 5.56 Å². The Morgan fingerprint density at radius 1 is 1.13 bits per heavy atom. The molecule has 0 spiro atoms. The van der Waals surface area contributed by atoms with E-state index in [1.807, 2.05) is 25.1 Å². The lowest BCUT2D eigenvalue weighted by Crippen LogP contribution is -2.60. The zero-order valence-electron chi connectivity index (χ0n) is 13.0. The lowest BCUT2D eigenvalue weighted by atomic mass is 9.99. The highest BCUT2D eigenvalue weighted by atomic mass is 16.7. The molecule has 1 fully saturated rings. The summed E-state index contributed by atoms with van der Waals surface area (Å²) in [5, 5.41) is 38.8. The number of ether oxygens (including phenoxy) is 3. The van der Waals surface area contributed by atoms with Gasteiger partial charge in [0, 0.05) is 0 Å². The molecule has 0 unspecified atom stereocenters. The Morgan fingerprint density at radius 2 is 1.87 bits per heavy atom. The molecule has 0 amide bonds. The lowest BCUT2D eigenvalue weighted by Gasteiger charge is -2.39. The first-order valence-electron chi connectivity index (χ1n) is 7.29. The second kappa shape index (κ2) is 7.76. The molecule has 0 saturated carbocycles. The molecule has 1 aromatic rings. The number of rotatable bonds is 5. The minimum absolute atomic E-state index is 0.312. The summed E-state index contributed by atoms with van der Waals surface area (Å²) in [7, 11) is 1.48. The van der Waals surface area contributed by atoms with Gasteiger partial charge in [-0.1, -0.05) is 18.2 Å². The van der Waals surface area contributed by atoms with Gasteiger partial charge >= 0.3 is 0 Å². The van der Waals surface area contributed by atoms with Crippen molar-refractivity contribution in [2.45, 2.75) is 37.6 Å². The molecule has 4 N–H and O–H groups in total. The largest absolute Gasteiger partial charge is 0.493 e. The minimum Gasteiger partial charge on any atom is -0.493 e. The van der Waals surface area contributed by atoms with Crippen LogP contribution in [-0.2, 0) is 4.74 Å². The molecule has 0 aliphatic carbocycles. The molecule has 1 aliphatic heterocycles. The summed E-state index contributed by atoms with van der Waals surface area (Å²) < 4.78 is 16.2. The highest BCUT2D eigenvalue weighted by molar-refractivity contribution is 5.55. The van der Waals surface area contributed by atoms with Gasteiger partial charge in [0.2, 0.25) is 6.29 Å². The zero-order chi connectivity index (χ0) is 17.0. The van der Waals surface area contributed by atoms with Crippen LogP contribution in [0.4, 0.5) is 0 Å². The van der Waals surface area contributed by atoms with Gasteiger partial charge in [0.15, 0.2) is 11.5 Å². The number of hydrogen-bond donors (Lipinski definition) is 4. The molecule has 1 heterocycles. The van der Waals surface area contributed by atoms with E-state index in [2.05, 4.69) is 0 Å². The fourth-order valence-corrected chi connectivity index (χ4v) is 2.37. The van der Waals surface area contributed by atoms with Gasteiger partial charge in [0.25, 0.3) is 0 Å². The van der Waals surface area contributed by atoms with Gasteiger partial charge in [-0.3, -0.25) is 0 Å². The van der Waals surface area contributed by atoms with Crippen LogP contribution in [0.25, 0.3) is 6.08 Å². The molecule has 1 saturated heterocycles. The molecule has 5 atom stereocenters. The van der Waals surface area contributed by atoms with Crippen LogP contribution in [0.15, 0.2) is 24.3 Å². The number of methoxy groups -OCH3 is 1. The lowest BCUT2D eigenvalue weighted by molar-refractivity contribution is -0.277. The number of aliphatic hydroxyl groups excluding tert-OH is 4. The van der Waals surface area contributed by atoms with Gasteiger partial charge in [-0.15, -0.1) is 0 Å². The molecule has 23 heavy (non-hydrogen) atoms. The molecular formula is C16H22O7. The Bertz CT molecular complexity index is 543. The first-order chi connectivity index (χ1) is 11.0. The van der Waals surface area contributed by atoms with Gasteiger partial charge < -0.3 is 34.6 Å². The van der Waals surface area contributed by atoms with Gasteiger partial charge in [0.1, 0.15) is 24.4 Å². The van der Waals surface area contributed by atoms with Crippen molar-refractivity contribution in [1.82, 2.24) is 0 Å². The van der Waals surface area contributed by atoms with Crippen LogP contribution in [0.2, 0.25) is 0 Å². The third kappa shape index (κ3) is 3.82. The molecule has 0 bridgehead atoms. The number of allylic oxidation sites excluding steroid dienone is 1. The second-order valence-corrected chi connectivity index (χ2v) is 5.23. The van der Waals surface area contributed by atoms with Crippen LogP contribution in [-0.4, -0.2) is 64.8 Å². The van der Waals surface area contributed by atoms with E-state index in [1.54, 1.807) is 12.1 Å². The Hall–Kier alpha value is -1.64. The van der Waals surface area contributed by atoms with Crippen molar-refractivity contribution in [1.29, 1.82) is 0 Å². The van der Waals surface area contributed by atoms with Gasteiger partial charge in [-0.25, -0.2) is 0 Å². The summed E-state index contributed by atoms with van der Waals surface area (Å²) in [6, 6.07) is 5.23. The molecule has 1 aromatic carbocycles. The molecule has 0 aromatic heterocycles. The molecule has 7 nitrogen and oxygen atoms in total. The maximum Gasteiger partial charge on any atom is 0.229 e. The summed E-state index contributed by atoms with van der Waals surface area (Å²) in [5.41, 5.74) is 0.855. The second-order valence-electron chi connectivity index (χ2n) is 5.23. The molecule has 128 valence electrons. The van der Waals surface area contributed by atoms with Crippen LogP contribution in [0.3, 0.4) is 0 Å². The van der Waals surface area contributed by atoms with Crippen molar-refractivity contribution < 1.29 is 34.6 Å². The Morgan fingerprint density at radius 3 is 2.48 bits per heavy atom.